The fraction of sp³-hybridized carbons (Fsp3) is 0.367. The monoisotopic (exact) mass is 675 g/mol. The Morgan fingerprint density at radius 2 is 1.80 bits per heavy atom. The Hall–Kier alpha value is -4.47. The van der Waals surface area contributed by atoms with Crippen LogP contribution in [0.2, 0.25) is 0 Å². The van der Waals surface area contributed by atoms with E-state index in [9.17, 15) is 27.6 Å². The molecular weight excluding hydrogens is 638 g/mol. The first kappa shape index (κ1) is 36.0. The Labute approximate surface area is 272 Å². The summed E-state index contributed by atoms with van der Waals surface area (Å²) in [7, 11) is -3.94. The van der Waals surface area contributed by atoms with Gasteiger partial charge in [-0.25, -0.2) is 17.9 Å². The Morgan fingerprint density at radius 3 is 2.50 bits per heavy atom. The highest BCUT2D eigenvalue weighted by molar-refractivity contribution is 7.89. The lowest BCUT2D eigenvalue weighted by Gasteiger charge is -2.26. The number of halogens is 1. The molecule has 0 saturated carbocycles. The predicted octanol–water partition coefficient (Wildman–Crippen LogP) is 1.28. The number of fused-ring (bicyclic) bond motifs is 1. The van der Waals surface area contributed by atoms with Crippen molar-refractivity contribution in [2.75, 3.05) is 25.0 Å². The minimum absolute atomic E-state index is 0. The largest absolute Gasteiger partial charge is 0.423 e. The first-order valence-electron chi connectivity index (χ1n) is 14.4. The maximum Gasteiger partial charge on any atom is 0.336 e. The molecule has 0 radical (unpaired) electrons. The summed E-state index contributed by atoms with van der Waals surface area (Å²) in [6.07, 6.45) is 1.40. The molecule has 16 heteroatoms. The number of nitrogens with two attached hydrogens (primary N) is 2. The van der Waals surface area contributed by atoms with Crippen molar-refractivity contribution >= 4 is 62.8 Å². The van der Waals surface area contributed by atoms with Gasteiger partial charge in [-0.15, -0.1) is 12.4 Å². The van der Waals surface area contributed by atoms with Crippen molar-refractivity contribution in [1.82, 2.24) is 14.9 Å². The number of nitrogens with zero attached hydrogens (tertiary/aromatic N) is 2. The van der Waals surface area contributed by atoms with Crippen molar-refractivity contribution < 1.29 is 27.2 Å². The standard InChI is InChI=1S/C30H37N7O7S.ClH/c1-18-7-10-21(11-8-18)45(42,43)34-17-26(38)37-14-4-6-24(37)29(41)36-23(5-3-13-33-30(31)32)28(40)35-20-9-12-22-19(2)15-27(39)44-25(22)16-20;/h7-12,15-16,23-24,34H,3-6,13-14,17H2,1-2H3,(H,35,40)(H,36,41)(H4,31,32,33);1H/t23-,24?;/m0./s1. The number of nitrogens with one attached hydrogen (secondary N) is 3. The zero-order valence-electron chi connectivity index (χ0n) is 25.4. The third-order valence-corrected chi connectivity index (χ3v) is 8.83. The number of guanidine groups is 1. The Kier molecular flexibility index (Phi) is 12.3. The second-order valence-corrected chi connectivity index (χ2v) is 12.6. The van der Waals surface area contributed by atoms with Crippen LogP contribution in [0.25, 0.3) is 11.0 Å². The predicted molar refractivity (Wildman–Crippen MR) is 176 cm³/mol. The number of amides is 3. The maximum absolute atomic E-state index is 13.4. The Morgan fingerprint density at radius 1 is 1.09 bits per heavy atom. The Bertz CT molecular complexity index is 1770. The fourth-order valence-electron chi connectivity index (χ4n) is 5.07. The molecule has 7 N–H and O–H groups in total. The molecule has 248 valence electrons. The fourth-order valence-corrected chi connectivity index (χ4v) is 6.04. The lowest BCUT2D eigenvalue weighted by molar-refractivity contribution is -0.138. The molecule has 3 amide bonds. The van der Waals surface area contributed by atoms with Crippen LogP contribution in [0.1, 0.15) is 36.8 Å². The molecule has 2 heterocycles. The molecule has 1 unspecified atom stereocenters. The number of aliphatic imine (C=N–C) groups is 1. The van der Waals surface area contributed by atoms with E-state index in [-0.39, 0.29) is 42.8 Å². The van der Waals surface area contributed by atoms with Gasteiger partial charge in [0.1, 0.15) is 17.7 Å². The summed E-state index contributed by atoms with van der Waals surface area (Å²) in [5.74, 6) is -1.76. The van der Waals surface area contributed by atoms with Gasteiger partial charge in [0.05, 0.1) is 11.4 Å². The van der Waals surface area contributed by atoms with Crippen molar-refractivity contribution in [3.63, 3.8) is 0 Å². The smallest absolute Gasteiger partial charge is 0.336 e. The first-order chi connectivity index (χ1) is 21.3. The summed E-state index contributed by atoms with van der Waals surface area (Å²) in [5, 5.41) is 6.20. The molecule has 2 aromatic carbocycles. The molecule has 0 bridgehead atoms. The van der Waals surface area contributed by atoms with Crippen molar-refractivity contribution in [1.29, 1.82) is 0 Å². The number of sulfonamides is 1. The van der Waals surface area contributed by atoms with Gasteiger partial charge in [0.25, 0.3) is 0 Å². The molecule has 0 spiro atoms. The van der Waals surface area contributed by atoms with E-state index < -0.39 is 52.0 Å². The number of aryl methyl sites for hydroxylation is 2. The second-order valence-electron chi connectivity index (χ2n) is 10.8. The van der Waals surface area contributed by atoms with E-state index >= 15 is 0 Å². The highest BCUT2D eigenvalue weighted by Crippen LogP contribution is 2.22. The van der Waals surface area contributed by atoms with E-state index in [0.717, 1.165) is 11.1 Å². The molecule has 1 fully saturated rings. The van der Waals surface area contributed by atoms with Gasteiger partial charge in [-0.1, -0.05) is 17.7 Å². The molecule has 1 saturated heterocycles. The van der Waals surface area contributed by atoms with Crippen molar-refractivity contribution in [2.45, 2.75) is 56.5 Å². The van der Waals surface area contributed by atoms with E-state index in [0.29, 0.717) is 35.9 Å². The van der Waals surface area contributed by atoms with Crippen LogP contribution in [0.15, 0.2) is 67.6 Å². The highest BCUT2D eigenvalue weighted by Gasteiger charge is 2.36. The van der Waals surface area contributed by atoms with E-state index in [4.69, 9.17) is 15.9 Å². The Balaban J connectivity index is 0.00000576. The number of carbonyl (C=O) groups is 3. The molecule has 4 rings (SSSR count). The first-order valence-corrected chi connectivity index (χ1v) is 15.9. The summed E-state index contributed by atoms with van der Waals surface area (Å²) in [4.78, 5) is 57.0. The van der Waals surface area contributed by atoms with Gasteiger partial charge in [-0.05, 0) is 69.4 Å². The summed E-state index contributed by atoms with van der Waals surface area (Å²) < 4.78 is 32.9. The van der Waals surface area contributed by atoms with Gasteiger partial charge in [0.2, 0.25) is 27.7 Å². The summed E-state index contributed by atoms with van der Waals surface area (Å²) in [5.41, 5.74) is 12.5. The number of hydrogen-bond donors (Lipinski definition) is 5. The molecule has 2 atom stereocenters. The van der Waals surface area contributed by atoms with Gasteiger partial charge in [-0.2, -0.15) is 0 Å². The average Bonchev–Trinajstić information content (AvgIpc) is 3.48. The topological polar surface area (TPSA) is 219 Å². The van der Waals surface area contributed by atoms with Crippen molar-refractivity contribution in [2.24, 2.45) is 16.5 Å². The lowest BCUT2D eigenvalue weighted by atomic mass is 10.1. The van der Waals surface area contributed by atoms with Gasteiger partial charge in [0, 0.05) is 36.3 Å². The van der Waals surface area contributed by atoms with Gasteiger partial charge >= 0.3 is 5.63 Å². The van der Waals surface area contributed by atoms with E-state index in [2.05, 4.69) is 20.3 Å². The molecular formula is C30H38ClN7O7S. The maximum atomic E-state index is 13.4. The van der Waals surface area contributed by atoms with Crippen molar-refractivity contribution in [3.8, 4) is 0 Å². The third kappa shape index (κ3) is 9.28. The highest BCUT2D eigenvalue weighted by atomic mass is 35.5. The molecule has 14 nitrogen and oxygen atoms in total. The van der Waals surface area contributed by atoms with Crippen LogP contribution in [0.3, 0.4) is 0 Å². The van der Waals surface area contributed by atoms with Crippen LogP contribution in [0.4, 0.5) is 5.69 Å². The number of anilines is 1. The van der Waals surface area contributed by atoms with E-state index in [1.807, 2.05) is 6.92 Å². The second kappa shape index (κ2) is 15.7. The summed E-state index contributed by atoms with van der Waals surface area (Å²) in [6.45, 7) is 3.55. The number of hydrogen-bond acceptors (Lipinski definition) is 8. The zero-order chi connectivity index (χ0) is 32.7. The van der Waals surface area contributed by atoms with Gasteiger partial charge in [0.15, 0.2) is 5.96 Å². The number of benzene rings is 2. The SMILES string of the molecule is Cc1ccc(S(=O)(=O)NCC(=O)N2CCCC2C(=O)N[C@@H](CCCN=C(N)N)C(=O)Nc2ccc3c(C)cc(=O)oc3c2)cc1.Cl. The number of carbonyl (C=O) groups excluding carboxylic acids is 3. The van der Waals surface area contributed by atoms with Crippen LogP contribution in [0.5, 0.6) is 0 Å². The van der Waals surface area contributed by atoms with E-state index in [1.54, 1.807) is 31.2 Å². The van der Waals surface area contributed by atoms with Gasteiger partial charge < -0.3 is 31.4 Å². The minimum Gasteiger partial charge on any atom is -0.423 e. The molecule has 1 aromatic heterocycles. The zero-order valence-corrected chi connectivity index (χ0v) is 27.1. The van der Waals surface area contributed by atoms with E-state index in [1.165, 1.54) is 29.2 Å². The van der Waals surface area contributed by atoms with Crippen LogP contribution in [0, 0.1) is 13.8 Å². The van der Waals surface area contributed by atoms with Crippen molar-refractivity contribution in [3.05, 3.63) is 70.1 Å². The third-order valence-electron chi connectivity index (χ3n) is 7.42. The van der Waals surface area contributed by atoms with Crippen LogP contribution < -0.4 is 32.4 Å². The van der Waals surface area contributed by atoms with Crippen LogP contribution in [-0.4, -0.2) is 68.7 Å². The van der Waals surface area contributed by atoms with Gasteiger partial charge in [-0.3, -0.25) is 19.4 Å². The number of likely N-dealkylation sites (tertiary alicyclic amines) is 1. The molecule has 0 aliphatic carbocycles. The average molecular weight is 676 g/mol. The lowest BCUT2D eigenvalue weighted by Crippen LogP contribution is -2.53. The minimum atomic E-state index is -3.94. The summed E-state index contributed by atoms with van der Waals surface area (Å²) >= 11 is 0. The summed E-state index contributed by atoms with van der Waals surface area (Å²) in [6, 6.07) is 10.5. The molecule has 3 aromatic rings. The normalized spacial score (nSPS) is 15.1. The molecule has 1 aliphatic heterocycles. The van der Waals surface area contributed by atoms with Crippen LogP contribution >= 0.6 is 12.4 Å². The quantitative estimate of drug-likeness (QED) is 0.0807. The number of rotatable bonds is 12. The molecule has 46 heavy (non-hydrogen) atoms. The van der Waals surface area contributed by atoms with Crippen LogP contribution in [-0.2, 0) is 24.4 Å². The molecule has 1 aliphatic rings.